The molecule has 35 heavy (non-hydrogen) atoms. The van der Waals surface area contributed by atoms with E-state index in [2.05, 4.69) is 10.5 Å². The normalized spacial score (nSPS) is 17.0. The summed E-state index contributed by atoms with van der Waals surface area (Å²) in [5, 5.41) is 6.89. The van der Waals surface area contributed by atoms with Crippen molar-refractivity contribution in [1.82, 2.24) is 14.8 Å². The number of aryl methyl sites for hydroxylation is 2. The smallest absolute Gasteiger partial charge is 0.248 e. The van der Waals surface area contributed by atoms with Crippen LogP contribution in [0.15, 0.2) is 64.0 Å². The molecule has 1 atom stereocenters. The first kappa shape index (κ1) is 24.9. The third-order valence-electron chi connectivity index (χ3n) is 6.25. The molecule has 1 aliphatic rings. The van der Waals surface area contributed by atoms with Crippen LogP contribution in [-0.4, -0.2) is 43.4 Å². The van der Waals surface area contributed by atoms with E-state index in [9.17, 15) is 13.2 Å². The van der Waals surface area contributed by atoms with Crippen LogP contribution in [0.3, 0.4) is 0 Å². The molecule has 1 amide bonds. The van der Waals surface area contributed by atoms with Gasteiger partial charge in [0.25, 0.3) is 0 Å². The lowest BCUT2D eigenvalue weighted by Gasteiger charge is -2.31. The Morgan fingerprint density at radius 1 is 1.11 bits per heavy atom. The summed E-state index contributed by atoms with van der Waals surface area (Å²) in [6.07, 6.45) is 5.45. The van der Waals surface area contributed by atoms with Crippen LogP contribution in [0, 0.1) is 19.8 Å². The van der Waals surface area contributed by atoms with Crippen LogP contribution in [-0.2, 0) is 21.2 Å². The molecule has 4 rings (SSSR count). The molecule has 0 saturated carbocycles. The Morgan fingerprint density at radius 3 is 2.60 bits per heavy atom. The summed E-state index contributed by atoms with van der Waals surface area (Å²) in [7, 11) is -3.88. The second kappa shape index (κ2) is 11.0. The Morgan fingerprint density at radius 2 is 1.86 bits per heavy atom. The summed E-state index contributed by atoms with van der Waals surface area (Å²) in [6, 6.07) is 17.8. The number of hydrogen-bond acceptors (Lipinski definition) is 5. The lowest BCUT2D eigenvalue weighted by Crippen LogP contribution is -2.45. The number of carbonyl (C=O) groups excluding carboxylic acids is 1. The van der Waals surface area contributed by atoms with Crippen LogP contribution in [0.2, 0.25) is 0 Å². The van der Waals surface area contributed by atoms with E-state index in [4.69, 9.17) is 4.52 Å². The second-order valence-electron chi connectivity index (χ2n) is 8.93. The number of piperidine rings is 1. The largest absolute Gasteiger partial charge is 0.355 e. The molecule has 184 valence electrons. The van der Waals surface area contributed by atoms with Gasteiger partial charge in [-0.25, -0.2) is 8.42 Å². The molecule has 0 radical (unpaired) electrons. The van der Waals surface area contributed by atoms with E-state index < -0.39 is 10.0 Å². The van der Waals surface area contributed by atoms with Gasteiger partial charge in [0, 0.05) is 19.6 Å². The van der Waals surface area contributed by atoms with Crippen molar-refractivity contribution in [1.29, 1.82) is 0 Å². The van der Waals surface area contributed by atoms with Crippen molar-refractivity contribution in [3.8, 4) is 0 Å². The molecule has 2 heterocycles. The summed E-state index contributed by atoms with van der Waals surface area (Å²) >= 11 is 0. The monoisotopic (exact) mass is 493 g/mol. The fourth-order valence-electron chi connectivity index (χ4n) is 4.27. The van der Waals surface area contributed by atoms with Crippen molar-refractivity contribution in [3.63, 3.8) is 0 Å². The van der Waals surface area contributed by atoms with Gasteiger partial charge < -0.3 is 9.84 Å². The molecule has 3 aromatic rings. The zero-order chi connectivity index (χ0) is 24.8. The summed E-state index contributed by atoms with van der Waals surface area (Å²) in [5.41, 5.74) is 3.53. The van der Waals surface area contributed by atoms with E-state index in [0.29, 0.717) is 31.6 Å². The molecule has 2 aromatic carbocycles. The van der Waals surface area contributed by atoms with Gasteiger partial charge in [-0.3, -0.25) is 4.79 Å². The number of aromatic nitrogens is 1. The Hall–Kier alpha value is -3.23. The maximum Gasteiger partial charge on any atom is 0.248 e. The first-order chi connectivity index (χ1) is 16.8. The molecule has 0 spiro atoms. The Bertz CT molecular complexity index is 1280. The SMILES string of the molecule is Cc1ccc(/C=C/c2onc(C)c2S(=O)(=O)N2CCCC(C(=O)NCCc3ccccc3)C2)cc1. The standard InChI is InChI=1S/C27H31N3O4S/c1-20-10-12-23(13-11-20)14-15-25-26(21(2)29-34-25)35(32,33)30-18-6-9-24(19-30)27(31)28-17-16-22-7-4-3-5-8-22/h3-5,7-8,10-15,24H,6,9,16-19H2,1-2H3,(H,28,31)/b15-14+. The van der Waals surface area contributed by atoms with Gasteiger partial charge in [-0.05, 0) is 50.3 Å². The third kappa shape index (κ3) is 6.07. The fraction of sp³-hybridized carbons (Fsp3) is 0.333. The number of sulfonamides is 1. The van der Waals surface area contributed by atoms with Gasteiger partial charge in [0.05, 0.1) is 5.92 Å². The van der Waals surface area contributed by atoms with Gasteiger partial charge in [0.1, 0.15) is 5.69 Å². The summed E-state index contributed by atoms with van der Waals surface area (Å²) in [4.78, 5) is 12.9. The number of amides is 1. The summed E-state index contributed by atoms with van der Waals surface area (Å²) in [6.45, 7) is 4.66. The van der Waals surface area contributed by atoms with E-state index >= 15 is 0 Å². The predicted molar refractivity (Wildman–Crippen MR) is 136 cm³/mol. The molecule has 0 aliphatic carbocycles. The van der Waals surface area contributed by atoms with E-state index in [-0.39, 0.29) is 29.0 Å². The molecule has 7 nitrogen and oxygen atoms in total. The summed E-state index contributed by atoms with van der Waals surface area (Å²) < 4.78 is 33.9. The summed E-state index contributed by atoms with van der Waals surface area (Å²) in [5.74, 6) is -0.305. The van der Waals surface area contributed by atoms with Crippen LogP contribution < -0.4 is 5.32 Å². The minimum absolute atomic E-state index is 0.0611. The van der Waals surface area contributed by atoms with Crippen molar-refractivity contribution in [2.45, 2.75) is 38.0 Å². The highest BCUT2D eigenvalue weighted by Crippen LogP contribution is 2.29. The van der Waals surface area contributed by atoms with Crippen molar-refractivity contribution in [2.75, 3.05) is 19.6 Å². The van der Waals surface area contributed by atoms with E-state index in [1.54, 1.807) is 19.1 Å². The minimum atomic E-state index is -3.88. The van der Waals surface area contributed by atoms with Gasteiger partial charge in [-0.2, -0.15) is 4.31 Å². The van der Waals surface area contributed by atoms with Crippen LogP contribution >= 0.6 is 0 Å². The number of nitrogens with one attached hydrogen (secondary N) is 1. The highest BCUT2D eigenvalue weighted by atomic mass is 32.2. The molecule has 1 unspecified atom stereocenters. The molecular formula is C27H31N3O4S. The van der Waals surface area contributed by atoms with Crippen molar-refractivity contribution in [2.24, 2.45) is 5.92 Å². The van der Waals surface area contributed by atoms with Crippen LogP contribution in [0.4, 0.5) is 0 Å². The van der Waals surface area contributed by atoms with Gasteiger partial charge in [-0.1, -0.05) is 71.4 Å². The number of benzene rings is 2. The Labute approximate surface area is 206 Å². The molecule has 0 bridgehead atoms. The van der Waals surface area contributed by atoms with Crippen LogP contribution in [0.1, 0.15) is 41.0 Å². The van der Waals surface area contributed by atoms with Gasteiger partial charge >= 0.3 is 0 Å². The number of rotatable bonds is 8. The fourth-order valence-corrected chi connectivity index (χ4v) is 6.05. The first-order valence-electron chi connectivity index (χ1n) is 11.9. The molecule has 1 aromatic heterocycles. The average Bonchev–Trinajstić information content (AvgIpc) is 3.25. The van der Waals surface area contributed by atoms with Crippen molar-refractivity contribution < 1.29 is 17.7 Å². The van der Waals surface area contributed by atoms with E-state index in [1.807, 2.05) is 61.5 Å². The van der Waals surface area contributed by atoms with Crippen LogP contribution in [0.5, 0.6) is 0 Å². The number of hydrogen-bond donors (Lipinski definition) is 1. The van der Waals surface area contributed by atoms with Gasteiger partial charge in [0.2, 0.25) is 15.9 Å². The first-order valence-corrected chi connectivity index (χ1v) is 13.3. The highest BCUT2D eigenvalue weighted by Gasteiger charge is 2.36. The number of carbonyl (C=O) groups is 1. The molecule has 1 aliphatic heterocycles. The Balaban J connectivity index is 1.44. The quantitative estimate of drug-likeness (QED) is 0.507. The van der Waals surface area contributed by atoms with Crippen molar-refractivity contribution in [3.05, 3.63) is 82.7 Å². The second-order valence-corrected chi connectivity index (χ2v) is 10.8. The lowest BCUT2D eigenvalue weighted by atomic mass is 9.99. The molecule has 8 heteroatoms. The zero-order valence-corrected chi connectivity index (χ0v) is 20.9. The number of nitrogens with zero attached hydrogens (tertiary/aromatic N) is 2. The molecule has 1 N–H and O–H groups in total. The van der Waals surface area contributed by atoms with Gasteiger partial charge in [-0.15, -0.1) is 0 Å². The molecule has 1 saturated heterocycles. The van der Waals surface area contributed by atoms with E-state index in [1.165, 1.54) is 4.31 Å². The molecule has 1 fully saturated rings. The van der Waals surface area contributed by atoms with E-state index in [0.717, 1.165) is 23.1 Å². The maximum absolute atomic E-state index is 13.6. The third-order valence-corrected chi connectivity index (χ3v) is 8.27. The molecular weight excluding hydrogens is 462 g/mol. The maximum atomic E-state index is 13.6. The van der Waals surface area contributed by atoms with Crippen molar-refractivity contribution >= 4 is 28.1 Å². The predicted octanol–water partition coefficient (Wildman–Crippen LogP) is 4.22. The zero-order valence-electron chi connectivity index (χ0n) is 20.1. The minimum Gasteiger partial charge on any atom is -0.355 e. The topological polar surface area (TPSA) is 92.5 Å². The Kier molecular flexibility index (Phi) is 7.83. The van der Waals surface area contributed by atoms with Crippen LogP contribution in [0.25, 0.3) is 12.2 Å². The van der Waals surface area contributed by atoms with Gasteiger partial charge in [0.15, 0.2) is 10.7 Å². The lowest BCUT2D eigenvalue weighted by molar-refractivity contribution is -0.126. The average molecular weight is 494 g/mol. The highest BCUT2D eigenvalue weighted by molar-refractivity contribution is 7.89.